The van der Waals surface area contributed by atoms with Gasteiger partial charge in [-0.05, 0) is 25.1 Å². The third-order valence-electron chi connectivity index (χ3n) is 2.89. The number of benzene rings is 1. The summed E-state index contributed by atoms with van der Waals surface area (Å²) in [5.74, 6) is 7.40. The highest BCUT2D eigenvalue weighted by molar-refractivity contribution is 7.18. The Bertz CT molecular complexity index is 788. The molecule has 1 aromatic carbocycles. The van der Waals surface area contributed by atoms with Crippen molar-refractivity contribution in [3.05, 3.63) is 35.2 Å². The SMILES string of the molecule is COc1ccccc1Oc1nc(NN)nc2sc(C)cc12. The molecule has 21 heavy (non-hydrogen) atoms. The van der Waals surface area contributed by atoms with Crippen molar-refractivity contribution in [3.63, 3.8) is 0 Å². The van der Waals surface area contributed by atoms with Crippen LogP contribution in [-0.2, 0) is 0 Å². The van der Waals surface area contributed by atoms with Gasteiger partial charge in [0, 0.05) is 4.88 Å². The summed E-state index contributed by atoms with van der Waals surface area (Å²) in [6.45, 7) is 2.01. The number of para-hydroxylation sites is 2. The van der Waals surface area contributed by atoms with Crippen molar-refractivity contribution < 1.29 is 9.47 Å². The maximum atomic E-state index is 5.90. The molecule has 2 aromatic heterocycles. The number of methoxy groups -OCH3 is 1. The first kappa shape index (κ1) is 13.6. The zero-order valence-corrected chi connectivity index (χ0v) is 12.4. The molecule has 0 bridgehead atoms. The minimum Gasteiger partial charge on any atom is -0.493 e. The Balaban J connectivity index is 2.10. The summed E-state index contributed by atoms with van der Waals surface area (Å²) in [6, 6.07) is 9.39. The predicted molar refractivity (Wildman–Crippen MR) is 83.0 cm³/mol. The van der Waals surface area contributed by atoms with Crippen LogP contribution in [0.3, 0.4) is 0 Å². The normalized spacial score (nSPS) is 10.6. The molecule has 0 aliphatic rings. The number of nitrogens with zero attached hydrogens (tertiary/aromatic N) is 2. The highest BCUT2D eigenvalue weighted by atomic mass is 32.1. The number of aromatic nitrogens is 2. The first-order valence-electron chi connectivity index (χ1n) is 6.27. The highest BCUT2D eigenvalue weighted by Crippen LogP contribution is 2.36. The molecule has 0 spiro atoms. The van der Waals surface area contributed by atoms with Crippen LogP contribution in [0.25, 0.3) is 10.2 Å². The monoisotopic (exact) mass is 302 g/mol. The van der Waals surface area contributed by atoms with Crippen LogP contribution in [0.4, 0.5) is 5.95 Å². The van der Waals surface area contributed by atoms with Crippen LogP contribution in [0, 0.1) is 6.92 Å². The molecule has 0 atom stereocenters. The largest absolute Gasteiger partial charge is 0.493 e. The molecule has 0 radical (unpaired) electrons. The van der Waals surface area contributed by atoms with Crippen LogP contribution < -0.4 is 20.7 Å². The van der Waals surface area contributed by atoms with Crippen molar-refractivity contribution in [1.82, 2.24) is 9.97 Å². The van der Waals surface area contributed by atoms with Crippen molar-refractivity contribution in [2.75, 3.05) is 12.5 Å². The molecule has 7 heteroatoms. The Hall–Kier alpha value is -2.38. The van der Waals surface area contributed by atoms with E-state index >= 15 is 0 Å². The van der Waals surface area contributed by atoms with Gasteiger partial charge in [-0.25, -0.2) is 10.8 Å². The number of hydrogen-bond acceptors (Lipinski definition) is 7. The maximum absolute atomic E-state index is 5.90. The van der Waals surface area contributed by atoms with E-state index in [4.69, 9.17) is 15.3 Å². The van der Waals surface area contributed by atoms with E-state index in [0.717, 1.165) is 15.1 Å². The number of ether oxygens (including phenoxy) is 2. The lowest BCUT2D eigenvalue weighted by Crippen LogP contribution is -2.10. The molecule has 2 heterocycles. The molecule has 0 amide bonds. The van der Waals surface area contributed by atoms with Crippen molar-refractivity contribution in [2.24, 2.45) is 5.84 Å². The first-order chi connectivity index (χ1) is 10.2. The van der Waals surface area contributed by atoms with E-state index in [1.54, 1.807) is 18.4 Å². The van der Waals surface area contributed by atoms with Gasteiger partial charge in [0.25, 0.3) is 0 Å². The molecule has 108 valence electrons. The van der Waals surface area contributed by atoms with Crippen LogP contribution in [0.1, 0.15) is 4.88 Å². The van der Waals surface area contributed by atoms with Gasteiger partial charge in [-0.3, -0.25) is 5.43 Å². The van der Waals surface area contributed by atoms with Gasteiger partial charge in [-0.15, -0.1) is 11.3 Å². The number of thiophene rings is 1. The number of nitrogens with two attached hydrogens (primary N) is 1. The molecule has 0 fully saturated rings. The lowest BCUT2D eigenvalue weighted by molar-refractivity contribution is 0.376. The molecular weight excluding hydrogens is 288 g/mol. The standard InChI is InChI=1S/C14H14N4O2S/c1-8-7-9-12(16-14(18-15)17-13(9)21-8)20-11-6-4-3-5-10(11)19-2/h3-7H,15H2,1-2H3,(H,16,17,18). The number of anilines is 1. The molecule has 3 aromatic rings. The summed E-state index contributed by atoms with van der Waals surface area (Å²) < 4.78 is 11.2. The number of hydrogen-bond donors (Lipinski definition) is 2. The van der Waals surface area contributed by atoms with E-state index in [0.29, 0.717) is 23.3 Å². The number of hydrazine groups is 1. The molecule has 0 aliphatic carbocycles. The zero-order chi connectivity index (χ0) is 14.8. The lowest BCUT2D eigenvalue weighted by atomic mass is 10.3. The molecular formula is C14H14N4O2S. The maximum Gasteiger partial charge on any atom is 0.241 e. The third-order valence-corrected chi connectivity index (χ3v) is 3.83. The second-order valence-electron chi connectivity index (χ2n) is 4.33. The molecule has 0 aliphatic heterocycles. The van der Waals surface area contributed by atoms with Crippen molar-refractivity contribution in [2.45, 2.75) is 6.92 Å². The number of rotatable bonds is 4. The van der Waals surface area contributed by atoms with E-state index in [1.807, 2.05) is 37.3 Å². The Morgan fingerprint density at radius 1 is 1.19 bits per heavy atom. The number of nitrogen functional groups attached to an aromatic ring is 1. The van der Waals surface area contributed by atoms with Gasteiger partial charge < -0.3 is 9.47 Å². The molecule has 3 rings (SSSR count). The van der Waals surface area contributed by atoms with Crippen molar-refractivity contribution in [1.29, 1.82) is 0 Å². The second kappa shape index (κ2) is 5.55. The van der Waals surface area contributed by atoms with Crippen molar-refractivity contribution in [3.8, 4) is 17.4 Å². The number of fused-ring (bicyclic) bond motifs is 1. The van der Waals surface area contributed by atoms with Gasteiger partial charge in [-0.2, -0.15) is 4.98 Å². The Kier molecular flexibility index (Phi) is 3.59. The minimum absolute atomic E-state index is 0.314. The average Bonchev–Trinajstić information content (AvgIpc) is 2.88. The predicted octanol–water partition coefficient (Wildman–Crippen LogP) is 3.09. The van der Waals surface area contributed by atoms with Crippen molar-refractivity contribution >= 4 is 27.5 Å². The summed E-state index contributed by atoms with van der Waals surface area (Å²) in [5, 5.41) is 0.849. The van der Waals surface area contributed by atoms with Gasteiger partial charge >= 0.3 is 0 Å². The molecule has 0 saturated carbocycles. The van der Waals surface area contributed by atoms with Crippen LogP contribution in [0.2, 0.25) is 0 Å². The van der Waals surface area contributed by atoms with E-state index in [9.17, 15) is 0 Å². The lowest BCUT2D eigenvalue weighted by Gasteiger charge is -2.10. The summed E-state index contributed by atoms with van der Waals surface area (Å²) in [7, 11) is 1.60. The molecule has 6 nitrogen and oxygen atoms in total. The molecule has 0 unspecified atom stereocenters. The van der Waals surface area contributed by atoms with Gasteiger partial charge in [0.05, 0.1) is 12.5 Å². The minimum atomic E-state index is 0.314. The molecule has 3 N–H and O–H groups in total. The summed E-state index contributed by atoms with van der Waals surface area (Å²) >= 11 is 1.56. The van der Waals surface area contributed by atoms with E-state index in [-0.39, 0.29) is 0 Å². The van der Waals surface area contributed by atoms with Crippen LogP contribution in [0.15, 0.2) is 30.3 Å². The summed E-state index contributed by atoms with van der Waals surface area (Å²) in [6.07, 6.45) is 0. The van der Waals surface area contributed by atoms with Gasteiger partial charge in [0.1, 0.15) is 4.83 Å². The second-order valence-corrected chi connectivity index (χ2v) is 5.56. The van der Waals surface area contributed by atoms with Crippen LogP contribution >= 0.6 is 11.3 Å². The fraction of sp³-hybridized carbons (Fsp3) is 0.143. The Labute approximate surface area is 125 Å². The topological polar surface area (TPSA) is 82.3 Å². The average molecular weight is 302 g/mol. The summed E-state index contributed by atoms with van der Waals surface area (Å²) in [5.41, 5.74) is 2.46. The van der Waals surface area contributed by atoms with E-state index < -0.39 is 0 Å². The summed E-state index contributed by atoms with van der Waals surface area (Å²) in [4.78, 5) is 10.5. The highest BCUT2D eigenvalue weighted by Gasteiger charge is 2.14. The number of aryl methyl sites for hydroxylation is 1. The van der Waals surface area contributed by atoms with E-state index in [2.05, 4.69) is 15.4 Å². The Morgan fingerprint density at radius 2 is 1.95 bits per heavy atom. The van der Waals surface area contributed by atoms with Gasteiger partial charge in [0.15, 0.2) is 11.5 Å². The first-order valence-corrected chi connectivity index (χ1v) is 7.08. The smallest absolute Gasteiger partial charge is 0.241 e. The fourth-order valence-corrected chi connectivity index (χ4v) is 2.84. The fourth-order valence-electron chi connectivity index (χ4n) is 1.97. The third kappa shape index (κ3) is 2.61. The quantitative estimate of drug-likeness (QED) is 0.569. The van der Waals surface area contributed by atoms with Gasteiger partial charge in [-0.1, -0.05) is 12.1 Å². The molecule has 0 saturated heterocycles. The number of nitrogens with one attached hydrogen (secondary N) is 1. The van der Waals surface area contributed by atoms with Crippen LogP contribution in [0.5, 0.6) is 17.4 Å². The van der Waals surface area contributed by atoms with E-state index in [1.165, 1.54) is 0 Å². The zero-order valence-electron chi connectivity index (χ0n) is 11.6. The van der Waals surface area contributed by atoms with Gasteiger partial charge in [0.2, 0.25) is 11.8 Å². The Morgan fingerprint density at radius 3 is 2.67 bits per heavy atom. The van der Waals surface area contributed by atoms with Crippen LogP contribution in [-0.4, -0.2) is 17.1 Å².